The van der Waals surface area contributed by atoms with Gasteiger partial charge in [0, 0.05) is 12.6 Å². The van der Waals surface area contributed by atoms with Crippen LogP contribution < -0.4 is 15.4 Å². The van der Waals surface area contributed by atoms with Gasteiger partial charge >= 0.3 is 0 Å². The maximum absolute atomic E-state index is 5.68. The summed E-state index contributed by atoms with van der Waals surface area (Å²) in [5, 5.41) is 6.60. The minimum absolute atomic E-state index is 0. The van der Waals surface area contributed by atoms with Crippen LogP contribution in [0.4, 0.5) is 0 Å². The van der Waals surface area contributed by atoms with E-state index in [1.807, 2.05) is 18.2 Å². The molecule has 120 valence electrons. The van der Waals surface area contributed by atoms with E-state index in [0.717, 1.165) is 24.7 Å². The first-order chi connectivity index (χ1) is 9.65. The number of nitrogens with zero attached hydrogens (tertiary/aromatic N) is 1. The van der Waals surface area contributed by atoms with Crippen LogP contribution in [0.15, 0.2) is 29.3 Å². The van der Waals surface area contributed by atoms with Gasteiger partial charge < -0.3 is 15.4 Å². The SMILES string of the molecule is CCNC(=NCCOc1cccc(C)c1)NC(C)CC.I. The highest BCUT2D eigenvalue weighted by Crippen LogP contribution is 2.11. The number of hydrogen-bond acceptors (Lipinski definition) is 2. The average Bonchev–Trinajstić information content (AvgIpc) is 2.43. The summed E-state index contributed by atoms with van der Waals surface area (Å²) in [7, 11) is 0. The zero-order chi connectivity index (χ0) is 14.8. The molecule has 5 heteroatoms. The Morgan fingerprint density at radius 3 is 2.71 bits per heavy atom. The number of aliphatic imine (C=N–C) groups is 1. The molecule has 0 heterocycles. The summed E-state index contributed by atoms with van der Waals surface area (Å²) >= 11 is 0. The van der Waals surface area contributed by atoms with Crippen molar-refractivity contribution in [1.29, 1.82) is 0 Å². The molecule has 0 fully saturated rings. The van der Waals surface area contributed by atoms with Crippen molar-refractivity contribution in [3.05, 3.63) is 29.8 Å². The zero-order valence-electron chi connectivity index (χ0n) is 13.5. The van der Waals surface area contributed by atoms with Crippen molar-refractivity contribution in [2.45, 2.75) is 40.2 Å². The molecule has 0 saturated carbocycles. The maximum atomic E-state index is 5.68. The quantitative estimate of drug-likeness (QED) is 0.317. The molecule has 0 amide bonds. The number of halogens is 1. The lowest BCUT2D eigenvalue weighted by Crippen LogP contribution is -2.42. The molecule has 0 aromatic heterocycles. The minimum atomic E-state index is 0. The van der Waals surface area contributed by atoms with Crippen molar-refractivity contribution < 1.29 is 4.74 Å². The highest BCUT2D eigenvalue weighted by Gasteiger charge is 2.01. The molecule has 1 unspecified atom stereocenters. The van der Waals surface area contributed by atoms with Gasteiger partial charge in [-0.3, -0.25) is 0 Å². The molecule has 1 aromatic rings. The molecule has 0 spiro atoms. The normalized spacial score (nSPS) is 12.3. The van der Waals surface area contributed by atoms with E-state index in [-0.39, 0.29) is 24.0 Å². The highest BCUT2D eigenvalue weighted by atomic mass is 127. The number of nitrogens with one attached hydrogen (secondary N) is 2. The van der Waals surface area contributed by atoms with Gasteiger partial charge in [-0.05, 0) is 44.9 Å². The molecule has 0 aliphatic rings. The summed E-state index contributed by atoms with van der Waals surface area (Å²) in [4.78, 5) is 4.51. The Bertz CT molecular complexity index is 424. The van der Waals surface area contributed by atoms with Crippen LogP contribution in [-0.2, 0) is 0 Å². The van der Waals surface area contributed by atoms with Crippen LogP contribution in [0.25, 0.3) is 0 Å². The standard InChI is InChI=1S/C16H27N3O.HI/c1-5-14(4)19-16(17-6-2)18-10-11-20-15-9-7-8-13(3)12-15;/h7-9,12,14H,5-6,10-11H2,1-4H3,(H2,17,18,19);1H. The monoisotopic (exact) mass is 405 g/mol. The Balaban J connectivity index is 0.00000400. The number of aryl methyl sites for hydroxylation is 1. The molecule has 0 radical (unpaired) electrons. The van der Waals surface area contributed by atoms with E-state index in [1.54, 1.807) is 0 Å². The lowest BCUT2D eigenvalue weighted by molar-refractivity contribution is 0.328. The maximum Gasteiger partial charge on any atom is 0.191 e. The summed E-state index contributed by atoms with van der Waals surface area (Å²) in [6.07, 6.45) is 1.07. The van der Waals surface area contributed by atoms with Gasteiger partial charge in [-0.25, -0.2) is 4.99 Å². The van der Waals surface area contributed by atoms with Crippen LogP contribution in [0.3, 0.4) is 0 Å². The number of hydrogen-bond donors (Lipinski definition) is 2. The Hall–Kier alpha value is -0.980. The van der Waals surface area contributed by atoms with Gasteiger partial charge in [0.15, 0.2) is 5.96 Å². The summed E-state index contributed by atoms with van der Waals surface area (Å²) in [6, 6.07) is 8.49. The van der Waals surface area contributed by atoms with Crippen molar-refractivity contribution in [2.24, 2.45) is 4.99 Å². The molecule has 0 saturated heterocycles. The summed E-state index contributed by atoms with van der Waals surface area (Å²) in [5.74, 6) is 1.76. The molecular formula is C16H28IN3O. The molecule has 0 aliphatic carbocycles. The summed E-state index contributed by atoms with van der Waals surface area (Å²) in [6.45, 7) is 10.5. The molecule has 1 aromatic carbocycles. The van der Waals surface area contributed by atoms with Crippen molar-refractivity contribution in [3.8, 4) is 5.75 Å². The Morgan fingerprint density at radius 1 is 1.33 bits per heavy atom. The first-order valence-electron chi connectivity index (χ1n) is 7.40. The lowest BCUT2D eigenvalue weighted by atomic mass is 10.2. The second-order valence-corrected chi connectivity index (χ2v) is 4.88. The van der Waals surface area contributed by atoms with Crippen LogP contribution in [0.5, 0.6) is 5.75 Å². The molecule has 4 nitrogen and oxygen atoms in total. The Morgan fingerprint density at radius 2 is 2.10 bits per heavy atom. The van der Waals surface area contributed by atoms with Crippen molar-refractivity contribution in [3.63, 3.8) is 0 Å². The van der Waals surface area contributed by atoms with Crippen LogP contribution in [-0.4, -0.2) is 31.7 Å². The third-order valence-corrected chi connectivity index (χ3v) is 2.96. The summed E-state index contributed by atoms with van der Waals surface area (Å²) < 4.78 is 5.68. The zero-order valence-corrected chi connectivity index (χ0v) is 15.8. The molecule has 0 aliphatic heterocycles. The van der Waals surface area contributed by atoms with Crippen molar-refractivity contribution in [1.82, 2.24) is 10.6 Å². The average molecular weight is 405 g/mol. The van der Waals surface area contributed by atoms with Gasteiger partial charge in [0.1, 0.15) is 12.4 Å². The third-order valence-electron chi connectivity index (χ3n) is 2.96. The van der Waals surface area contributed by atoms with E-state index in [9.17, 15) is 0 Å². The van der Waals surface area contributed by atoms with E-state index in [4.69, 9.17) is 4.74 Å². The fourth-order valence-electron chi connectivity index (χ4n) is 1.68. The van der Waals surface area contributed by atoms with Crippen molar-refractivity contribution >= 4 is 29.9 Å². The van der Waals surface area contributed by atoms with E-state index in [2.05, 4.69) is 49.4 Å². The molecule has 2 N–H and O–H groups in total. The largest absolute Gasteiger partial charge is 0.492 e. The van der Waals surface area contributed by atoms with Gasteiger partial charge in [-0.2, -0.15) is 0 Å². The highest BCUT2D eigenvalue weighted by molar-refractivity contribution is 14.0. The van der Waals surface area contributed by atoms with Gasteiger partial charge in [0.05, 0.1) is 6.54 Å². The molecule has 1 atom stereocenters. The van der Waals surface area contributed by atoms with E-state index < -0.39 is 0 Å². The molecule has 1 rings (SSSR count). The van der Waals surface area contributed by atoms with E-state index >= 15 is 0 Å². The molecular weight excluding hydrogens is 377 g/mol. The first-order valence-corrected chi connectivity index (χ1v) is 7.40. The molecule has 0 bridgehead atoms. The minimum Gasteiger partial charge on any atom is -0.492 e. The van der Waals surface area contributed by atoms with E-state index in [0.29, 0.717) is 19.2 Å². The summed E-state index contributed by atoms with van der Waals surface area (Å²) in [5.41, 5.74) is 1.21. The Kier molecular flexibility index (Phi) is 11.1. The second kappa shape index (κ2) is 11.7. The van der Waals surface area contributed by atoms with Gasteiger partial charge in [0.25, 0.3) is 0 Å². The van der Waals surface area contributed by atoms with Gasteiger partial charge in [-0.1, -0.05) is 19.1 Å². The number of benzene rings is 1. The van der Waals surface area contributed by atoms with Crippen LogP contribution in [0, 0.1) is 6.92 Å². The predicted octanol–water partition coefficient (Wildman–Crippen LogP) is 3.35. The number of rotatable bonds is 7. The Labute approximate surface area is 145 Å². The van der Waals surface area contributed by atoms with Crippen LogP contribution in [0.2, 0.25) is 0 Å². The van der Waals surface area contributed by atoms with E-state index in [1.165, 1.54) is 5.56 Å². The fraction of sp³-hybridized carbons (Fsp3) is 0.562. The third kappa shape index (κ3) is 8.80. The first kappa shape index (κ1) is 20.0. The molecule has 21 heavy (non-hydrogen) atoms. The van der Waals surface area contributed by atoms with Crippen LogP contribution in [0.1, 0.15) is 32.8 Å². The number of ether oxygens (including phenoxy) is 1. The van der Waals surface area contributed by atoms with Crippen LogP contribution >= 0.6 is 24.0 Å². The van der Waals surface area contributed by atoms with Gasteiger partial charge in [-0.15, -0.1) is 24.0 Å². The predicted molar refractivity (Wildman–Crippen MR) is 101 cm³/mol. The van der Waals surface area contributed by atoms with Gasteiger partial charge in [0.2, 0.25) is 0 Å². The topological polar surface area (TPSA) is 45.7 Å². The smallest absolute Gasteiger partial charge is 0.191 e. The second-order valence-electron chi connectivity index (χ2n) is 4.88. The fourth-order valence-corrected chi connectivity index (χ4v) is 1.68. The van der Waals surface area contributed by atoms with Crippen molar-refractivity contribution in [2.75, 3.05) is 19.7 Å². The lowest BCUT2D eigenvalue weighted by Gasteiger charge is -2.16. The number of guanidine groups is 1.